The van der Waals surface area contributed by atoms with Gasteiger partial charge in [0.25, 0.3) is 0 Å². The van der Waals surface area contributed by atoms with Crippen LogP contribution >= 0.6 is 0 Å². The van der Waals surface area contributed by atoms with Crippen LogP contribution in [0.3, 0.4) is 0 Å². The predicted octanol–water partition coefficient (Wildman–Crippen LogP) is 5.06. The molecule has 5 rings (SSSR count). The van der Waals surface area contributed by atoms with Crippen LogP contribution < -0.4 is 0 Å². The summed E-state index contributed by atoms with van der Waals surface area (Å²) in [6, 6.07) is 28.2. The normalized spacial score (nSPS) is 15.1. The van der Waals surface area contributed by atoms with Crippen LogP contribution in [-0.4, -0.2) is 26.5 Å². The summed E-state index contributed by atoms with van der Waals surface area (Å²) in [4.78, 5) is 27.4. The van der Waals surface area contributed by atoms with Crippen LogP contribution in [0.5, 0.6) is 0 Å². The van der Waals surface area contributed by atoms with Gasteiger partial charge in [0.1, 0.15) is 6.54 Å². The Morgan fingerprint density at radius 3 is 2.06 bits per heavy atom. The minimum absolute atomic E-state index is 0.0530. The molecule has 4 aromatic rings. The number of benzene rings is 3. The molecular formula is C29H28N2O3. The zero-order valence-electron chi connectivity index (χ0n) is 19.1. The Labute approximate surface area is 199 Å². The van der Waals surface area contributed by atoms with E-state index in [1.807, 2.05) is 70.1 Å². The van der Waals surface area contributed by atoms with E-state index in [1.54, 1.807) is 0 Å². The number of carbonyl (C=O) groups excluding carboxylic acids is 1. The predicted molar refractivity (Wildman–Crippen MR) is 132 cm³/mol. The van der Waals surface area contributed by atoms with E-state index in [0.717, 1.165) is 39.7 Å². The molecule has 1 N–H and O–H groups in total. The van der Waals surface area contributed by atoms with Crippen LogP contribution in [-0.2, 0) is 42.1 Å². The fourth-order valence-electron chi connectivity index (χ4n) is 5.21. The van der Waals surface area contributed by atoms with Crippen molar-refractivity contribution < 1.29 is 14.7 Å². The van der Waals surface area contributed by atoms with Crippen LogP contribution in [0.2, 0.25) is 0 Å². The van der Waals surface area contributed by atoms with Gasteiger partial charge in [0.05, 0.1) is 0 Å². The monoisotopic (exact) mass is 452 g/mol. The van der Waals surface area contributed by atoms with Gasteiger partial charge in [-0.3, -0.25) is 9.59 Å². The number of aliphatic carboxylic acids is 1. The molecule has 3 aromatic carbocycles. The van der Waals surface area contributed by atoms with Gasteiger partial charge in [-0.2, -0.15) is 0 Å². The molecule has 1 amide bonds. The molecule has 0 spiro atoms. The second-order valence-electron chi connectivity index (χ2n) is 9.03. The van der Waals surface area contributed by atoms with Crippen molar-refractivity contribution in [1.82, 2.24) is 9.47 Å². The average molecular weight is 453 g/mol. The number of carboxylic acid groups (broad SMARTS) is 1. The molecule has 1 aliphatic rings. The maximum atomic E-state index is 13.9. The molecule has 0 radical (unpaired) electrons. The van der Waals surface area contributed by atoms with E-state index in [2.05, 4.69) is 24.3 Å². The van der Waals surface area contributed by atoms with Gasteiger partial charge >= 0.3 is 5.97 Å². The number of nitrogens with zero attached hydrogens (tertiary/aromatic N) is 2. The second-order valence-corrected chi connectivity index (χ2v) is 9.03. The van der Waals surface area contributed by atoms with E-state index < -0.39 is 5.97 Å². The SMILES string of the molecule is O=C(O)Cn1c2c(c3ccccc31)CC(C(=O)N(Cc1ccccc1)Cc1ccccc1)CC2. The number of aromatic nitrogens is 1. The van der Waals surface area contributed by atoms with E-state index in [0.29, 0.717) is 25.9 Å². The highest BCUT2D eigenvalue weighted by molar-refractivity contribution is 5.88. The Kier molecular flexibility index (Phi) is 6.17. The van der Waals surface area contributed by atoms with Crippen molar-refractivity contribution in [3.05, 3.63) is 107 Å². The van der Waals surface area contributed by atoms with E-state index in [9.17, 15) is 14.7 Å². The summed E-state index contributed by atoms with van der Waals surface area (Å²) in [5.41, 5.74) is 5.35. The Balaban J connectivity index is 1.45. The number of hydrogen-bond donors (Lipinski definition) is 1. The lowest BCUT2D eigenvalue weighted by molar-refractivity contribution is -0.138. The minimum Gasteiger partial charge on any atom is -0.480 e. The van der Waals surface area contributed by atoms with Crippen molar-refractivity contribution in [3.63, 3.8) is 0 Å². The standard InChI is InChI=1S/C29H28N2O3/c32-28(33)20-31-26-14-8-7-13-24(26)25-17-23(15-16-27(25)31)29(34)30(18-21-9-3-1-4-10-21)19-22-11-5-2-6-12-22/h1-14,23H,15-20H2,(H,32,33). The summed E-state index contributed by atoms with van der Waals surface area (Å²) in [6.07, 6.45) is 2.07. The number of carboxylic acids is 1. The highest BCUT2D eigenvalue weighted by atomic mass is 16.4. The number of amides is 1. The van der Waals surface area contributed by atoms with Gasteiger partial charge in [-0.1, -0.05) is 78.9 Å². The van der Waals surface area contributed by atoms with Gasteiger partial charge in [0.2, 0.25) is 5.91 Å². The highest BCUT2D eigenvalue weighted by Gasteiger charge is 2.32. The van der Waals surface area contributed by atoms with E-state index in [-0.39, 0.29) is 18.4 Å². The van der Waals surface area contributed by atoms with Crippen molar-refractivity contribution >= 4 is 22.8 Å². The topological polar surface area (TPSA) is 62.5 Å². The summed E-state index contributed by atoms with van der Waals surface area (Å²) in [7, 11) is 0. The lowest BCUT2D eigenvalue weighted by atomic mass is 9.85. The van der Waals surface area contributed by atoms with Crippen LogP contribution in [0.15, 0.2) is 84.9 Å². The van der Waals surface area contributed by atoms with Crippen molar-refractivity contribution in [2.24, 2.45) is 5.92 Å². The number of carbonyl (C=O) groups is 2. The Bertz CT molecular complexity index is 1270. The summed E-state index contributed by atoms with van der Waals surface area (Å²) < 4.78 is 1.92. The van der Waals surface area contributed by atoms with Gasteiger partial charge < -0.3 is 14.6 Å². The smallest absolute Gasteiger partial charge is 0.323 e. The first-order chi connectivity index (χ1) is 16.6. The molecular weight excluding hydrogens is 424 g/mol. The summed E-state index contributed by atoms with van der Waals surface area (Å²) in [6.45, 7) is 1.08. The Morgan fingerprint density at radius 2 is 1.44 bits per heavy atom. The molecule has 5 heteroatoms. The van der Waals surface area contributed by atoms with Gasteiger partial charge in [0.15, 0.2) is 0 Å². The van der Waals surface area contributed by atoms with E-state index in [1.165, 1.54) is 0 Å². The third-order valence-electron chi connectivity index (χ3n) is 6.76. The summed E-state index contributed by atoms with van der Waals surface area (Å²) >= 11 is 0. The molecule has 1 aliphatic carbocycles. The largest absolute Gasteiger partial charge is 0.480 e. The fourth-order valence-corrected chi connectivity index (χ4v) is 5.21. The van der Waals surface area contributed by atoms with Crippen LogP contribution in [0.4, 0.5) is 0 Å². The number of para-hydroxylation sites is 1. The number of rotatable bonds is 7. The first-order valence-electron chi connectivity index (χ1n) is 11.8. The zero-order chi connectivity index (χ0) is 23.5. The van der Waals surface area contributed by atoms with E-state index >= 15 is 0 Å². The molecule has 172 valence electrons. The molecule has 0 bridgehead atoms. The average Bonchev–Trinajstić information content (AvgIpc) is 3.17. The lowest BCUT2D eigenvalue weighted by Gasteiger charge is -2.30. The van der Waals surface area contributed by atoms with Crippen LogP contribution in [0, 0.1) is 5.92 Å². The molecule has 1 atom stereocenters. The molecule has 0 saturated heterocycles. The van der Waals surface area contributed by atoms with Crippen molar-refractivity contribution in [2.45, 2.75) is 38.9 Å². The van der Waals surface area contributed by atoms with Crippen LogP contribution in [0.25, 0.3) is 10.9 Å². The second kappa shape index (κ2) is 9.56. The Morgan fingerprint density at radius 1 is 0.853 bits per heavy atom. The first kappa shape index (κ1) is 22.0. The van der Waals surface area contributed by atoms with Gasteiger partial charge in [-0.05, 0) is 42.0 Å². The summed E-state index contributed by atoms with van der Waals surface area (Å²) in [5.74, 6) is -0.809. The maximum Gasteiger partial charge on any atom is 0.323 e. The van der Waals surface area contributed by atoms with Gasteiger partial charge in [-0.25, -0.2) is 0 Å². The van der Waals surface area contributed by atoms with E-state index in [4.69, 9.17) is 0 Å². The fraction of sp³-hybridized carbons (Fsp3) is 0.241. The molecule has 34 heavy (non-hydrogen) atoms. The number of hydrogen-bond acceptors (Lipinski definition) is 2. The maximum absolute atomic E-state index is 13.9. The van der Waals surface area contributed by atoms with Gasteiger partial charge in [-0.15, -0.1) is 0 Å². The number of fused-ring (bicyclic) bond motifs is 3. The first-order valence-corrected chi connectivity index (χ1v) is 11.8. The van der Waals surface area contributed by atoms with Crippen LogP contribution in [0.1, 0.15) is 28.8 Å². The van der Waals surface area contributed by atoms with Crippen molar-refractivity contribution in [2.75, 3.05) is 0 Å². The highest BCUT2D eigenvalue weighted by Crippen LogP contribution is 2.35. The molecule has 1 heterocycles. The Hall–Kier alpha value is -3.86. The van der Waals surface area contributed by atoms with Gasteiger partial charge in [0, 0.05) is 35.6 Å². The van der Waals surface area contributed by atoms with Crippen molar-refractivity contribution in [1.29, 1.82) is 0 Å². The zero-order valence-corrected chi connectivity index (χ0v) is 19.1. The lowest BCUT2D eigenvalue weighted by Crippen LogP contribution is -2.37. The van der Waals surface area contributed by atoms with Crippen molar-refractivity contribution in [3.8, 4) is 0 Å². The molecule has 5 nitrogen and oxygen atoms in total. The minimum atomic E-state index is -0.848. The third kappa shape index (κ3) is 4.46. The molecule has 1 unspecified atom stereocenters. The molecule has 0 saturated carbocycles. The molecule has 0 fully saturated rings. The molecule has 0 aliphatic heterocycles. The quantitative estimate of drug-likeness (QED) is 0.426. The molecule has 1 aromatic heterocycles. The third-order valence-corrected chi connectivity index (χ3v) is 6.76. The summed E-state index contributed by atoms with van der Waals surface area (Å²) in [5, 5.41) is 10.5.